The van der Waals surface area contributed by atoms with E-state index in [9.17, 15) is 18.4 Å². The van der Waals surface area contributed by atoms with Gasteiger partial charge in [0, 0.05) is 16.6 Å². The number of imide groups is 1. The zero-order valence-corrected chi connectivity index (χ0v) is 15.9. The van der Waals surface area contributed by atoms with Gasteiger partial charge in [-0.25, -0.2) is 13.7 Å². The smallest absolute Gasteiger partial charge is 0.282 e. The third-order valence-electron chi connectivity index (χ3n) is 4.37. The van der Waals surface area contributed by atoms with Gasteiger partial charge in [0.15, 0.2) is 11.6 Å². The predicted octanol–water partition coefficient (Wildman–Crippen LogP) is 4.43. The fourth-order valence-corrected chi connectivity index (χ4v) is 3.81. The summed E-state index contributed by atoms with van der Waals surface area (Å²) in [5.41, 5.74) is 0.576. The number of nitrogens with zero attached hydrogens (tertiary/aromatic N) is 1. The summed E-state index contributed by atoms with van der Waals surface area (Å²) < 4.78 is 32.2. The first kappa shape index (κ1) is 18.8. The number of hydrogen-bond acceptors (Lipinski definition) is 5. The molecule has 1 N–H and O–H groups in total. The van der Waals surface area contributed by atoms with Crippen molar-refractivity contribution in [3.63, 3.8) is 0 Å². The molecule has 1 aliphatic rings. The van der Waals surface area contributed by atoms with Gasteiger partial charge in [0.05, 0.1) is 18.4 Å². The standard InChI is InChI=1S/C21H14F2N2O3S/c1-28-16-6-3-2-5-15(16)25-20(26)18(17-7-4-10-29-17)19(21(25)27)24-12-8-9-13(22)14(23)11-12/h2-11,24H,1H3. The Morgan fingerprint density at radius 2 is 1.76 bits per heavy atom. The Kier molecular flexibility index (Phi) is 4.85. The number of para-hydroxylation sites is 2. The lowest BCUT2D eigenvalue weighted by molar-refractivity contribution is -0.120. The van der Waals surface area contributed by atoms with Crippen molar-refractivity contribution in [2.45, 2.75) is 0 Å². The highest BCUT2D eigenvalue weighted by molar-refractivity contribution is 7.11. The molecule has 3 aromatic rings. The molecule has 146 valence electrons. The van der Waals surface area contributed by atoms with Gasteiger partial charge >= 0.3 is 0 Å². The van der Waals surface area contributed by atoms with Crippen LogP contribution in [0.2, 0.25) is 0 Å². The highest BCUT2D eigenvalue weighted by atomic mass is 32.1. The maximum absolute atomic E-state index is 13.6. The number of benzene rings is 2. The van der Waals surface area contributed by atoms with Gasteiger partial charge in [-0.15, -0.1) is 11.3 Å². The Morgan fingerprint density at radius 3 is 2.45 bits per heavy atom. The summed E-state index contributed by atoms with van der Waals surface area (Å²) in [7, 11) is 1.44. The van der Waals surface area contributed by atoms with Crippen molar-refractivity contribution < 1.29 is 23.1 Å². The summed E-state index contributed by atoms with van der Waals surface area (Å²) >= 11 is 1.29. The lowest BCUT2D eigenvalue weighted by Crippen LogP contribution is -2.32. The number of halogens is 2. The number of carbonyl (C=O) groups is 2. The van der Waals surface area contributed by atoms with Gasteiger partial charge < -0.3 is 10.1 Å². The van der Waals surface area contributed by atoms with Crippen molar-refractivity contribution >= 4 is 40.1 Å². The van der Waals surface area contributed by atoms with Gasteiger partial charge in [0.25, 0.3) is 11.8 Å². The fourth-order valence-electron chi connectivity index (χ4n) is 3.05. The molecule has 0 unspecified atom stereocenters. The van der Waals surface area contributed by atoms with Gasteiger partial charge in [0.2, 0.25) is 0 Å². The van der Waals surface area contributed by atoms with E-state index in [-0.39, 0.29) is 17.0 Å². The van der Waals surface area contributed by atoms with Gasteiger partial charge in [-0.3, -0.25) is 9.59 Å². The summed E-state index contributed by atoms with van der Waals surface area (Å²) in [6.07, 6.45) is 0. The second-order valence-corrected chi connectivity index (χ2v) is 7.05. The number of anilines is 2. The normalized spacial score (nSPS) is 14.0. The van der Waals surface area contributed by atoms with Crippen LogP contribution in [0, 0.1) is 11.6 Å². The number of carbonyl (C=O) groups excluding carboxylic acids is 2. The average molecular weight is 412 g/mol. The number of amides is 2. The van der Waals surface area contributed by atoms with Crippen molar-refractivity contribution in [2.24, 2.45) is 0 Å². The second-order valence-electron chi connectivity index (χ2n) is 6.10. The molecule has 0 saturated carbocycles. The maximum Gasteiger partial charge on any atom is 0.282 e. The SMILES string of the molecule is COc1ccccc1N1C(=O)C(Nc2ccc(F)c(F)c2)=C(c2cccs2)C1=O. The minimum Gasteiger partial charge on any atom is -0.495 e. The van der Waals surface area contributed by atoms with Crippen LogP contribution in [0.3, 0.4) is 0 Å². The predicted molar refractivity (Wildman–Crippen MR) is 107 cm³/mol. The van der Waals surface area contributed by atoms with Crippen LogP contribution < -0.4 is 15.0 Å². The summed E-state index contributed by atoms with van der Waals surface area (Å²) in [6, 6.07) is 13.3. The first-order valence-electron chi connectivity index (χ1n) is 8.53. The van der Waals surface area contributed by atoms with Crippen molar-refractivity contribution in [1.82, 2.24) is 0 Å². The number of methoxy groups -OCH3 is 1. The fraction of sp³-hybridized carbons (Fsp3) is 0.0476. The molecule has 0 fully saturated rings. The molecular weight excluding hydrogens is 398 g/mol. The molecule has 0 saturated heterocycles. The quantitative estimate of drug-likeness (QED) is 0.630. The lowest BCUT2D eigenvalue weighted by atomic mass is 10.2. The summed E-state index contributed by atoms with van der Waals surface area (Å²) in [5, 5.41) is 4.57. The van der Waals surface area contributed by atoms with Gasteiger partial charge in [-0.1, -0.05) is 18.2 Å². The van der Waals surface area contributed by atoms with E-state index >= 15 is 0 Å². The van der Waals surface area contributed by atoms with E-state index in [1.807, 2.05) is 0 Å². The van der Waals surface area contributed by atoms with Crippen LogP contribution in [-0.2, 0) is 9.59 Å². The van der Waals surface area contributed by atoms with Gasteiger partial charge in [-0.2, -0.15) is 0 Å². The minimum absolute atomic E-state index is 0.0191. The molecular formula is C21H14F2N2O3S. The molecule has 2 aromatic carbocycles. The van der Waals surface area contributed by atoms with Crippen LogP contribution in [0.5, 0.6) is 5.75 Å². The molecule has 0 atom stereocenters. The molecule has 8 heteroatoms. The highest BCUT2D eigenvalue weighted by Crippen LogP contribution is 2.38. The number of ether oxygens (including phenoxy) is 1. The number of rotatable bonds is 5. The Morgan fingerprint density at radius 1 is 0.966 bits per heavy atom. The molecule has 1 aromatic heterocycles. The van der Waals surface area contributed by atoms with E-state index in [0.29, 0.717) is 16.3 Å². The zero-order valence-electron chi connectivity index (χ0n) is 15.1. The van der Waals surface area contributed by atoms with E-state index in [2.05, 4.69) is 5.32 Å². The zero-order chi connectivity index (χ0) is 20.5. The van der Waals surface area contributed by atoms with E-state index in [0.717, 1.165) is 17.0 Å². The number of thiophene rings is 1. The largest absolute Gasteiger partial charge is 0.495 e. The molecule has 0 aliphatic carbocycles. The van der Waals surface area contributed by atoms with E-state index in [1.54, 1.807) is 41.8 Å². The van der Waals surface area contributed by atoms with Crippen molar-refractivity contribution in [3.05, 3.63) is 82.2 Å². The van der Waals surface area contributed by atoms with Crippen LogP contribution in [0.25, 0.3) is 5.57 Å². The van der Waals surface area contributed by atoms with E-state index < -0.39 is 23.4 Å². The Balaban J connectivity index is 1.82. The van der Waals surface area contributed by atoms with Crippen molar-refractivity contribution in [2.75, 3.05) is 17.3 Å². The van der Waals surface area contributed by atoms with Crippen molar-refractivity contribution in [1.29, 1.82) is 0 Å². The topological polar surface area (TPSA) is 58.6 Å². The van der Waals surface area contributed by atoms with Crippen LogP contribution in [-0.4, -0.2) is 18.9 Å². The van der Waals surface area contributed by atoms with Gasteiger partial charge in [-0.05, 0) is 35.7 Å². The number of nitrogens with one attached hydrogen (secondary N) is 1. The van der Waals surface area contributed by atoms with Gasteiger partial charge in [0.1, 0.15) is 11.4 Å². The molecule has 29 heavy (non-hydrogen) atoms. The number of hydrogen-bond donors (Lipinski definition) is 1. The molecule has 1 aliphatic heterocycles. The Labute approximate surface area is 168 Å². The maximum atomic E-state index is 13.6. The minimum atomic E-state index is -1.06. The third kappa shape index (κ3) is 3.27. The summed E-state index contributed by atoms with van der Waals surface area (Å²) in [6.45, 7) is 0. The van der Waals surface area contributed by atoms with E-state index in [4.69, 9.17) is 4.74 Å². The van der Waals surface area contributed by atoms with Crippen LogP contribution in [0.4, 0.5) is 20.2 Å². The Hall–Kier alpha value is -3.52. The Bertz CT molecular complexity index is 1140. The third-order valence-corrected chi connectivity index (χ3v) is 5.25. The van der Waals surface area contributed by atoms with Crippen LogP contribution >= 0.6 is 11.3 Å². The molecule has 4 rings (SSSR count). The van der Waals surface area contributed by atoms with Crippen LogP contribution in [0.1, 0.15) is 4.88 Å². The first-order valence-corrected chi connectivity index (χ1v) is 9.41. The summed E-state index contributed by atoms with van der Waals surface area (Å²) in [5.74, 6) is -2.87. The highest BCUT2D eigenvalue weighted by Gasteiger charge is 2.41. The molecule has 2 amide bonds. The molecule has 0 spiro atoms. The molecule has 2 heterocycles. The first-order chi connectivity index (χ1) is 14.0. The summed E-state index contributed by atoms with van der Waals surface area (Å²) in [4.78, 5) is 28.0. The van der Waals surface area contributed by atoms with Crippen molar-refractivity contribution in [3.8, 4) is 5.75 Å². The van der Waals surface area contributed by atoms with E-state index in [1.165, 1.54) is 24.5 Å². The average Bonchev–Trinajstić information content (AvgIpc) is 3.32. The monoisotopic (exact) mass is 412 g/mol. The molecule has 5 nitrogen and oxygen atoms in total. The molecule has 0 radical (unpaired) electrons. The lowest BCUT2D eigenvalue weighted by Gasteiger charge is -2.18. The molecule has 0 bridgehead atoms. The van der Waals surface area contributed by atoms with Crippen LogP contribution in [0.15, 0.2) is 65.7 Å². The second kappa shape index (κ2) is 7.48.